The molecule has 3 rings (SSSR count). The summed E-state index contributed by atoms with van der Waals surface area (Å²) in [7, 11) is -0.846. The summed E-state index contributed by atoms with van der Waals surface area (Å²) in [5, 5.41) is 8.32. The van der Waals surface area contributed by atoms with Gasteiger partial charge >= 0.3 is 14.2 Å². The summed E-state index contributed by atoms with van der Waals surface area (Å²) < 4.78 is 20.6. The number of carboxylic acid groups (broad SMARTS) is 1. The number of benzene rings is 1. The number of aromatic carboxylic acids is 1. The molecule has 27 heavy (non-hydrogen) atoms. The maximum Gasteiger partial charge on any atom is 0.751 e. The quantitative estimate of drug-likeness (QED) is 0.371. The Kier molecular flexibility index (Phi) is 10.0. The Labute approximate surface area is 170 Å². The maximum absolute atomic E-state index is 11.1. The molecule has 1 radical (unpaired) electrons. The van der Waals surface area contributed by atoms with E-state index in [1.54, 1.807) is 30.3 Å². The summed E-state index contributed by atoms with van der Waals surface area (Å²) in [5.74, 6) is -0.724. The first-order valence-corrected chi connectivity index (χ1v) is 8.47. The molecule has 2 aromatic heterocycles. The van der Waals surface area contributed by atoms with Crippen LogP contribution in [-0.4, -0.2) is 28.2 Å². The van der Waals surface area contributed by atoms with Crippen LogP contribution in [0, 0.1) is 6.07 Å². The molecule has 0 bridgehead atoms. The predicted molar refractivity (Wildman–Crippen MR) is 94.9 cm³/mol. The summed E-state index contributed by atoms with van der Waals surface area (Å²) in [5.41, 5.74) is 1.64. The van der Waals surface area contributed by atoms with E-state index < -0.39 is 14.2 Å². The van der Waals surface area contributed by atoms with Crippen molar-refractivity contribution in [2.24, 2.45) is 0 Å². The Morgan fingerprint density at radius 2 is 1.89 bits per heavy atom. The van der Waals surface area contributed by atoms with Crippen molar-refractivity contribution in [1.82, 2.24) is 9.97 Å². The minimum Gasteiger partial charge on any atom is -0.477 e. The van der Waals surface area contributed by atoms with Crippen LogP contribution in [0.2, 0.25) is 0 Å². The number of aromatic nitrogens is 2. The van der Waals surface area contributed by atoms with E-state index in [-0.39, 0.29) is 31.7 Å². The molecule has 0 aliphatic rings. The van der Waals surface area contributed by atoms with Crippen molar-refractivity contribution in [1.29, 1.82) is 0 Å². The number of pyridine rings is 2. The monoisotopic (exact) mass is 563 g/mol. The van der Waals surface area contributed by atoms with E-state index in [9.17, 15) is 9.36 Å². The van der Waals surface area contributed by atoms with Crippen molar-refractivity contribution < 1.29 is 43.6 Å². The Hall–Kier alpha value is -2.50. The summed E-state index contributed by atoms with van der Waals surface area (Å²) >= 11 is 0. The van der Waals surface area contributed by atoms with Crippen LogP contribution in [0.1, 0.15) is 10.5 Å². The van der Waals surface area contributed by atoms with Crippen molar-refractivity contribution >= 4 is 14.2 Å². The topological polar surface area (TPSA) is 98.6 Å². The molecular formula is C18H15IrN2O5P. The van der Waals surface area contributed by atoms with Gasteiger partial charge in [-0.25, -0.2) is 14.3 Å². The second-order valence-electron chi connectivity index (χ2n) is 4.65. The van der Waals surface area contributed by atoms with E-state index in [0.717, 1.165) is 5.56 Å². The van der Waals surface area contributed by atoms with Crippen LogP contribution in [0.4, 0.5) is 0 Å². The first-order chi connectivity index (χ1) is 12.6. The number of hydrogen-bond acceptors (Lipinski definition) is 6. The van der Waals surface area contributed by atoms with Gasteiger partial charge in [-0.15, -0.1) is 40.4 Å². The molecule has 0 spiro atoms. The van der Waals surface area contributed by atoms with Gasteiger partial charge in [-0.3, -0.25) is 4.98 Å². The van der Waals surface area contributed by atoms with Gasteiger partial charge in [0, 0.05) is 36.9 Å². The van der Waals surface area contributed by atoms with Crippen molar-refractivity contribution in [3.63, 3.8) is 0 Å². The zero-order valence-corrected chi connectivity index (χ0v) is 17.4. The van der Waals surface area contributed by atoms with Gasteiger partial charge in [0.15, 0.2) is 0 Å². The molecular weight excluding hydrogens is 547 g/mol. The van der Waals surface area contributed by atoms with Gasteiger partial charge in [-0.1, -0.05) is 18.2 Å². The standard InChI is InChI=1S/C12H10NO3P.C6H5NO2.Ir/c1-15-17(14)16-12-9-5-8-11(13-12)10-6-3-2-4-7-10;8-6(9)5-3-1-2-4-7-5;/h2-6,8-9H,1H3;1-4H,(H,8,9);. The van der Waals surface area contributed by atoms with E-state index in [2.05, 4.69) is 20.6 Å². The Morgan fingerprint density at radius 1 is 1.11 bits per heavy atom. The summed E-state index contributed by atoms with van der Waals surface area (Å²) in [6.45, 7) is 0. The summed E-state index contributed by atoms with van der Waals surface area (Å²) in [6.07, 6.45) is 1.45. The van der Waals surface area contributed by atoms with Crippen molar-refractivity contribution in [2.45, 2.75) is 0 Å². The van der Waals surface area contributed by atoms with Gasteiger partial charge in [0.1, 0.15) is 5.69 Å². The van der Waals surface area contributed by atoms with Gasteiger partial charge in [-0.05, 0) is 17.8 Å². The van der Waals surface area contributed by atoms with Crippen LogP contribution >= 0.6 is 8.25 Å². The molecule has 0 aliphatic heterocycles. The van der Waals surface area contributed by atoms with Crippen molar-refractivity contribution in [2.75, 3.05) is 7.11 Å². The maximum atomic E-state index is 11.1. The van der Waals surface area contributed by atoms with E-state index >= 15 is 0 Å². The van der Waals surface area contributed by atoms with Gasteiger partial charge in [-0.2, -0.15) is 0 Å². The smallest absolute Gasteiger partial charge is 0.477 e. The predicted octanol–water partition coefficient (Wildman–Crippen LogP) is 4.01. The molecule has 141 valence electrons. The van der Waals surface area contributed by atoms with Crippen LogP contribution < -0.4 is 4.52 Å². The van der Waals surface area contributed by atoms with Crippen LogP contribution in [0.5, 0.6) is 5.88 Å². The third-order valence-corrected chi connectivity index (χ3v) is 3.54. The van der Waals surface area contributed by atoms with Gasteiger partial charge in [0.2, 0.25) is 0 Å². The average Bonchev–Trinajstić information content (AvgIpc) is 2.70. The molecule has 3 aromatic rings. The molecule has 1 atom stereocenters. The second kappa shape index (κ2) is 12.0. The first kappa shape index (κ1) is 22.5. The fourth-order valence-corrected chi connectivity index (χ4v) is 2.10. The Morgan fingerprint density at radius 3 is 2.44 bits per heavy atom. The number of rotatable bonds is 5. The second-order valence-corrected chi connectivity index (χ2v) is 5.65. The fourth-order valence-electron chi connectivity index (χ4n) is 1.77. The molecule has 0 amide bonds. The molecule has 0 saturated carbocycles. The third-order valence-electron chi connectivity index (χ3n) is 2.91. The zero-order chi connectivity index (χ0) is 18.8. The molecule has 1 unspecified atom stereocenters. The Bertz CT molecular complexity index is 866. The van der Waals surface area contributed by atoms with E-state index in [1.807, 2.05) is 24.3 Å². The van der Waals surface area contributed by atoms with Crippen LogP contribution in [-0.2, 0) is 29.2 Å². The van der Waals surface area contributed by atoms with Crippen molar-refractivity contribution in [3.8, 4) is 17.1 Å². The molecule has 0 aliphatic carbocycles. The number of carbonyl (C=O) groups is 1. The summed E-state index contributed by atoms with van der Waals surface area (Å²) in [4.78, 5) is 17.9. The molecule has 1 N–H and O–H groups in total. The Balaban J connectivity index is 0.000000310. The SMILES string of the molecule is CO[P+](=O)Oc1cccc(-c2[c-]cccc2)n1.O=C(O)c1ccccn1.[Ir]. The van der Waals surface area contributed by atoms with Crippen LogP contribution in [0.25, 0.3) is 11.3 Å². The van der Waals surface area contributed by atoms with Crippen LogP contribution in [0.15, 0.2) is 66.9 Å². The largest absolute Gasteiger partial charge is 0.751 e. The van der Waals surface area contributed by atoms with Crippen LogP contribution in [0.3, 0.4) is 0 Å². The first-order valence-electron chi connectivity index (χ1n) is 7.38. The summed E-state index contributed by atoms with van der Waals surface area (Å²) in [6, 6.07) is 20.5. The number of nitrogens with zero attached hydrogens (tertiary/aromatic N) is 2. The average molecular weight is 563 g/mol. The third kappa shape index (κ3) is 7.72. The minimum absolute atomic E-state index is 0. The van der Waals surface area contributed by atoms with Gasteiger partial charge in [0.25, 0.3) is 5.88 Å². The van der Waals surface area contributed by atoms with Crippen molar-refractivity contribution in [3.05, 3.63) is 78.6 Å². The van der Waals surface area contributed by atoms with E-state index in [1.165, 1.54) is 19.4 Å². The molecule has 0 saturated heterocycles. The van der Waals surface area contributed by atoms with E-state index in [4.69, 9.17) is 9.63 Å². The molecule has 9 heteroatoms. The zero-order valence-electron chi connectivity index (χ0n) is 14.1. The molecule has 1 aromatic carbocycles. The van der Waals surface area contributed by atoms with Gasteiger partial charge < -0.3 is 5.11 Å². The molecule has 2 heterocycles. The molecule has 0 fully saturated rings. The number of carboxylic acids is 1. The normalized spacial score (nSPS) is 9.89. The number of hydrogen-bond donors (Lipinski definition) is 1. The van der Waals surface area contributed by atoms with Gasteiger partial charge in [0.05, 0.1) is 7.11 Å². The minimum atomic E-state index is -2.16. The van der Waals surface area contributed by atoms with E-state index in [0.29, 0.717) is 5.69 Å². The molecule has 7 nitrogen and oxygen atoms in total. The fraction of sp³-hybridized carbons (Fsp3) is 0.0556.